The molecule has 12 heavy (non-hydrogen) atoms. The van der Waals surface area contributed by atoms with Crippen molar-refractivity contribution in [3.8, 4) is 0 Å². The highest BCUT2D eigenvalue weighted by Crippen LogP contribution is 2.11. The molecule has 0 aliphatic carbocycles. The number of aliphatic hydroxyl groups excluding tert-OH is 1. The monoisotopic (exact) mass is 191 g/mol. The third-order valence-electron chi connectivity index (χ3n) is 1.87. The number of thioether (sulfide) groups is 1. The van der Waals surface area contributed by atoms with Crippen LogP contribution in [0.5, 0.6) is 0 Å². The molecule has 0 aromatic heterocycles. The Balaban J connectivity index is 3.42. The first-order valence-corrected chi connectivity index (χ1v) is 5.65. The Morgan fingerprint density at radius 1 is 1.50 bits per heavy atom. The highest BCUT2D eigenvalue weighted by Gasteiger charge is 2.15. The lowest BCUT2D eigenvalue weighted by Gasteiger charge is -2.22. The molecular formula is C9H21NOS. The minimum atomic E-state index is 0.0120. The standard InChI is InChI=1S/C9H21NOS/c1-8(12-4)5-10-6-9(2,3)7-11/h8,10-11H,5-7H2,1-4H3. The van der Waals surface area contributed by atoms with E-state index in [0.717, 1.165) is 13.1 Å². The van der Waals surface area contributed by atoms with Crippen LogP contribution in [0.15, 0.2) is 0 Å². The van der Waals surface area contributed by atoms with E-state index in [-0.39, 0.29) is 12.0 Å². The zero-order valence-electron chi connectivity index (χ0n) is 8.55. The third-order valence-corrected chi connectivity index (χ3v) is 2.84. The Labute approximate surface area is 80.1 Å². The van der Waals surface area contributed by atoms with E-state index in [2.05, 4.69) is 32.3 Å². The molecule has 1 atom stereocenters. The van der Waals surface area contributed by atoms with Crippen LogP contribution in [0.3, 0.4) is 0 Å². The normalized spacial score (nSPS) is 14.8. The molecule has 0 heterocycles. The van der Waals surface area contributed by atoms with Crippen LogP contribution in [0.2, 0.25) is 0 Å². The predicted molar refractivity (Wildman–Crippen MR) is 56.7 cm³/mol. The van der Waals surface area contributed by atoms with Crippen molar-refractivity contribution in [1.29, 1.82) is 0 Å². The third kappa shape index (κ3) is 5.86. The molecule has 1 unspecified atom stereocenters. The van der Waals surface area contributed by atoms with Crippen molar-refractivity contribution in [3.05, 3.63) is 0 Å². The van der Waals surface area contributed by atoms with Crippen molar-refractivity contribution < 1.29 is 5.11 Å². The fourth-order valence-electron chi connectivity index (χ4n) is 0.753. The summed E-state index contributed by atoms with van der Waals surface area (Å²) in [5.74, 6) is 0. The summed E-state index contributed by atoms with van der Waals surface area (Å²) in [6.07, 6.45) is 2.11. The summed E-state index contributed by atoms with van der Waals surface area (Å²) >= 11 is 1.86. The van der Waals surface area contributed by atoms with Crippen molar-refractivity contribution in [2.24, 2.45) is 5.41 Å². The summed E-state index contributed by atoms with van der Waals surface area (Å²) in [4.78, 5) is 0. The highest BCUT2D eigenvalue weighted by atomic mass is 32.2. The topological polar surface area (TPSA) is 32.3 Å². The van der Waals surface area contributed by atoms with Crippen molar-refractivity contribution in [2.75, 3.05) is 26.0 Å². The summed E-state index contributed by atoms with van der Waals surface area (Å²) in [5, 5.41) is 13.0. The van der Waals surface area contributed by atoms with Crippen molar-refractivity contribution in [2.45, 2.75) is 26.0 Å². The van der Waals surface area contributed by atoms with E-state index in [1.165, 1.54) is 0 Å². The fourth-order valence-corrected chi connectivity index (χ4v) is 1.04. The van der Waals surface area contributed by atoms with Crippen LogP contribution in [-0.4, -0.2) is 36.3 Å². The Bertz CT molecular complexity index is 117. The lowest BCUT2D eigenvalue weighted by Crippen LogP contribution is -2.35. The van der Waals surface area contributed by atoms with Gasteiger partial charge in [-0.05, 0) is 6.26 Å². The maximum atomic E-state index is 8.97. The van der Waals surface area contributed by atoms with Gasteiger partial charge in [0.05, 0.1) is 0 Å². The molecule has 0 saturated heterocycles. The van der Waals surface area contributed by atoms with Crippen LogP contribution < -0.4 is 5.32 Å². The van der Waals surface area contributed by atoms with E-state index < -0.39 is 0 Å². The van der Waals surface area contributed by atoms with E-state index in [1.807, 2.05) is 11.8 Å². The van der Waals surface area contributed by atoms with Crippen LogP contribution in [0.25, 0.3) is 0 Å². The largest absolute Gasteiger partial charge is 0.396 e. The van der Waals surface area contributed by atoms with Gasteiger partial charge in [-0.2, -0.15) is 11.8 Å². The molecule has 0 spiro atoms. The number of nitrogens with one attached hydrogen (secondary N) is 1. The molecule has 0 radical (unpaired) electrons. The van der Waals surface area contributed by atoms with Crippen LogP contribution >= 0.6 is 11.8 Å². The van der Waals surface area contributed by atoms with E-state index in [1.54, 1.807) is 0 Å². The summed E-state index contributed by atoms with van der Waals surface area (Å²) in [6.45, 7) is 8.46. The number of rotatable bonds is 6. The lowest BCUT2D eigenvalue weighted by atomic mass is 9.95. The van der Waals surface area contributed by atoms with Gasteiger partial charge in [0.2, 0.25) is 0 Å². The second kappa shape index (κ2) is 5.84. The van der Waals surface area contributed by atoms with Gasteiger partial charge >= 0.3 is 0 Å². The Morgan fingerprint density at radius 3 is 2.50 bits per heavy atom. The molecule has 0 aliphatic heterocycles. The molecule has 3 heteroatoms. The average Bonchev–Trinajstić information content (AvgIpc) is 2.04. The number of aliphatic hydroxyl groups is 1. The van der Waals surface area contributed by atoms with E-state index in [4.69, 9.17) is 5.11 Å². The van der Waals surface area contributed by atoms with Crippen LogP contribution in [-0.2, 0) is 0 Å². The van der Waals surface area contributed by atoms with Gasteiger partial charge in [-0.3, -0.25) is 0 Å². The Morgan fingerprint density at radius 2 is 2.08 bits per heavy atom. The smallest absolute Gasteiger partial charge is 0.0494 e. The fraction of sp³-hybridized carbons (Fsp3) is 1.00. The van der Waals surface area contributed by atoms with Crippen molar-refractivity contribution in [3.63, 3.8) is 0 Å². The van der Waals surface area contributed by atoms with Crippen LogP contribution in [0, 0.1) is 5.41 Å². The van der Waals surface area contributed by atoms with Gasteiger partial charge in [0.15, 0.2) is 0 Å². The molecular weight excluding hydrogens is 170 g/mol. The van der Waals surface area contributed by atoms with Gasteiger partial charge < -0.3 is 10.4 Å². The first kappa shape index (κ1) is 12.3. The molecule has 0 bridgehead atoms. The van der Waals surface area contributed by atoms with Crippen LogP contribution in [0.1, 0.15) is 20.8 Å². The molecule has 0 amide bonds. The minimum Gasteiger partial charge on any atom is -0.396 e. The first-order chi connectivity index (χ1) is 5.52. The van der Waals surface area contributed by atoms with Gasteiger partial charge in [0.1, 0.15) is 0 Å². The molecule has 0 aromatic rings. The maximum absolute atomic E-state index is 8.97. The van der Waals surface area contributed by atoms with E-state index >= 15 is 0 Å². The molecule has 74 valence electrons. The Hall–Kier alpha value is 0.270. The molecule has 0 fully saturated rings. The van der Waals surface area contributed by atoms with Gasteiger partial charge in [-0.15, -0.1) is 0 Å². The molecule has 0 saturated carbocycles. The van der Waals surface area contributed by atoms with E-state index in [0.29, 0.717) is 5.25 Å². The zero-order valence-corrected chi connectivity index (χ0v) is 9.37. The average molecular weight is 191 g/mol. The predicted octanol–water partition coefficient (Wildman–Crippen LogP) is 1.35. The molecule has 0 aromatic carbocycles. The lowest BCUT2D eigenvalue weighted by molar-refractivity contribution is 0.157. The van der Waals surface area contributed by atoms with Gasteiger partial charge in [0, 0.05) is 30.4 Å². The molecule has 2 N–H and O–H groups in total. The number of hydrogen-bond acceptors (Lipinski definition) is 3. The quantitative estimate of drug-likeness (QED) is 0.664. The van der Waals surface area contributed by atoms with Gasteiger partial charge in [0.25, 0.3) is 0 Å². The van der Waals surface area contributed by atoms with Crippen LogP contribution in [0.4, 0.5) is 0 Å². The zero-order chi connectivity index (χ0) is 9.61. The summed E-state index contributed by atoms with van der Waals surface area (Å²) in [7, 11) is 0. The second-order valence-electron chi connectivity index (χ2n) is 4.00. The van der Waals surface area contributed by atoms with Gasteiger partial charge in [-0.1, -0.05) is 20.8 Å². The number of hydrogen-bond donors (Lipinski definition) is 2. The second-order valence-corrected chi connectivity index (χ2v) is 5.28. The molecule has 0 rings (SSSR count). The molecule has 0 aliphatic rings. The maximum Gasteiger partial charge on any atom is 0.0494 e. The first-order valence-electron chi connectivity index (χ1n) is 4.36. The highest BCUT2D eigenvalue weighted by molar-refractivity contribution is 7.99. The van der Waals surface area contributed by atoms with Gasteiger partial charge in [-0.25, -0.2) is 0 Å². The van der Waals surface area contributed by atoms with Crippen molar-refractivity contribution in [1.82, 2.24) is 5.32 Å². The van der Waals surface area contributed by atoms with E-state index in [9.17, 15) is 0 Å². The summed E-state index contributed by atoms with van der Waals surface area (Å²) < 4.78 is 0. The Kier molecular flexibility index (Phi) is 5.97. The minimum absolute atomic E-state index is 0.0120. The summed E-state index contributed by atoms with van der Waals surface area (Å²) in [5.41, 5.74) is 0.0120. The molecule has 2 nitrogen and oxygen atoms in total. The SMILES string of the molecule is CSC(C)CNCC(C)(C)CO. The van der Waals surface area contributed by atoms with Crippen molar-refractivity contribution >= 4 is 11.8 Å². The summed E-state index contributed by atoms with van der Waals surface area (Å²) in [6, 6.07) is 0.